The predicted molar refractivity (Wildman–Crippen MR) is 82.9 cm³/mol. The van der Waals surface area contributed by atoms with Crippen LogP contribution in [0.5, 0.6) is 0 Å². The average molecular weight is 288 g/mol. The number of hydrogen-bond donors (Lipinski definition) is 2. The third-order valence-electron chi connectivity index (χ3n) is 4.66. The Morgan fingerprint density at radius 1 is 1.24 bits per heavy atom. The first-order chi connectivity index (χ1) is 10.2. The first-order valence-corrected chi connectivity index (χ1v) is 7.94. The minimum Gasteiger partial charge on any atom is -0.356 e. The van der Waals surface area contributed by atoms with Gasteiger partial charge in [-0.25, -0.2) is 4.98 Å². The summed E-state index contributed by atoms with van der Waals surface area (Å²) < 4.78 is 0. The van der Waals surface area contributed by atoms with E-state index in [0.717, 1.165) is 51.0 Å². The lowest BCUT2D eigenvalue weighted by Crippen LogP contribution is -2.46. The minimum absolute atomic E-state index is 0.133. The fourth-order valence-corrected chi connectivity index (χ4v) is 3.37. The van der Waals surface area contributed by atoms with Crippen LogP contribution in [0.25, 0.3) is 0 Å². The number of nitrogens with zero attached hydrogens (tertiary/aromatic N) is 2. The van der Waals surface area contributed by atoms with Crippen LogP contribution in [0, 0.1) is 5.92 Å². The second kappa shape index (κ2) is 6.43. The molecule has 3 N–H and O–H groups in total. The summed E-state index contributed by atoms with van der Waals surface area (Å²) in [6.07, 6.45) is 6.57. The van der Waals surface area contributed by atoms with Crippen molar-refractivity contribution in [2.75, 3.05) is 18.0 Å². The number of nitrogens with one attached hydrogen (secondary N) is 1. The van der Waals surface area contributed by atoms with Crippen molar-refractivity contribution in [1.29, 1.82) is 0 Å². The number of rotatable bonds is 3. The van der Waals surface area contributed by atoms with Gasteiger partial charge in [0.2, 0.25) is 5.91 Å². The van der Waals surface area contributed by atoms with Crippen molar-refractivity contribution in [3.63, 3.8) is 0 Å². The van der Waals surface area contributed by atoms with E-state index in [0.29, 0.717) is 6.04 Å². The molecule has 1 amide bonds. The van der Waals surface area contributed by atoms with Crippen molar-refractivity contribution >= 4 is 11.7 Å². The molecule has 114 valence electrons. The molecule has 1 aliphatic heterocycles. The first kappa shape index (κ1) is 14.3. The third-order valence-corrected chi connectivity index (χ3v) is 4.66. The molecule has 1 saturated carbocycles. The van der Waals surface area contributed by atoms with Crippen LogP contribution in [0.15, 0.2) is 24.4 Å². The summed E-state index contributed by atoms with van der Waals surface area (Å²) in [5.74, 6) is 1.37. The Labute approximate surface area is 125 Å². The van der Waals surface area contributed by atoms with Gasteiger partial charge in [0.15, 0.2) is 0 Å². The molecule has 1 aromatic rings. The smallest absolute Gasteiger partial charge is 0.223 e. The van der Waals surface area contributed by atoms with Gasteiger partial charge in [-0.05, 0) is 44.2 Å². The maximum absolute atomic E-state index is 12.2. The van der Waals surface area contributed by atoms with Gasteiger partial charge < -0.3 is 16.0 Å². The number of anilines is 1. The number of nitrogens with two attached hydrogens (primary N) is 1. The van der Waals surface area contributed by atoms with Crippen LogP contribution in [0.3, 0.4) is 0 Å². The van der Waals surface area contributed by atoms with Crippen LogP contribution in [0.1, 0.15) is 32.1 Å². The highest BCUT2D eigenvalue weighted by atomic mass is 16.1. The van der Waals surface area contributed by atoms with Gasteiger partial charge in [0.25, 0.3) is 0 Å². The van der Waals surface area contributed by atoms with Crippen LogP contribution >= 0.6 is 0 Å². The van der Waals surface area contributed by atoms with Crippen LogP contribution in [0.2, 0.25) is 0 Å². The van der Waals surface area contributed by atoms with Crippen molar-refractivity contribution in [1.82, 2.24) is 10.3 Å². The molecule has 0 spiro atoms. The van der Waals surface area contributed by atoms with E-state index in [9.17, 15) is 4.79 Å². The Morgan fingerprint density at radius 3 is 2.67 bits per heavy atom. The predicted octanol–water partition coefficient (Wildman–Crippen LogP) is 1.29. The summed E-state index contributed by atoms with van der Waals surface area (Å²) in [6.45, 7) is 1.90. The number of carbonyl (C=O) groups excluding carboxylic acids is 1. The zero-order chi connectivity index (χ0) is 14.7. The molecule has 2 fully saturated rings. The summed E-state index contributed by atoms with van der Waals surface area (Å²) in [6, 6.07) is 6.50. The molecular weight excluding hydrogens is 264 g/mol. The van der Waals surface area contributed by atoms with Gasteiger partial charge in [-0.2, -0.15) is 0 Å². The molecular formula is C16H24N4O. The van der Waals surface area contributed by atoms with Crippen molar-refractivity contribution in [3.05, 3.63) is 24.4 Å². The van der Waals surface area contributed by atoms with Crippen molar-refractivity contribution in [3.8, 4) is 0 Å². The molecule has 2 aliphatic rings. The number of amides is 1. The molecule has 0 radical (unpaired) electrons. The van der Waals surface area contributed by atoms with Crippen LogP contribution in [-0.2, 0) is 4.79 Å². The maximum Gasteiger partial charge on any atom is 0.223 e. The topological polar surface area (TPSA) is 71.2 Å². The molecule has 0 aromatic carbocycles. The standard InChI is InChI=1S/C16H24N4O/c17-13-5-4-12(11-13)16(21)19-14-6-9-20(10-7-14)15-3-1-2-8-18-15/h1-3,8,12-14H,4-7,9-11,17H2,(H,19,21). The lowest BCUT2D eigenvalue weighted by atomic mass is 10.0. The van der Waals surface area contributed by atoms with Gasteiger partial charge >= 0.3 is 0 Å². The molecule has 2 heterocycles. The van der Waals surface area contributed by atoms with Crippen molar-refractivity contribution < 1.29 is 4.79 Å². The lowest BCUT2D eigenvalue weighted by molar-refractivity contribution is -0.125. The van der Waals surface area contributed by atoms with Gasteiger partial charge in [-0.3, -0.25) is 4.79 Å². The normalized spacial score (nSPS) is 26.8. The van der Waals surface area contributed by atoms with Crippen LogP contribution in [0.4, 0.5) is 5.82 Å². The average Bonchev–Trinajstić information content (AvgIpc) is 2.96. The summed E-state index contributed by atoms with van der Waals surface area (Å²) in [5, 5.41) is 3.21. The Bertz CT molecular complexity index is 470. The van der Waals surface area contributed by atoms with Crippen molar-refractivity contribution in [2.24, 2.45) is 11.7 Å². The number of piperidine rings is 1. The number of pyridine rings is 1. The zero-order valence-corrected chi connectivity index (χ0v) is 12.4. The molecule has 21 heavy (non-hydrogen) atoms. The summed E-state index contributed by atoms with van der Waals surface area (Å²) in [5.41, 5.74) is 5.89. The molecule has 2 atom stereocenters. The molecule has 1 saturated heterocycles. The highest BCUT2D eigenvalue weighted by Crippen LogP contribution is 2.25. The summed E-state index contributed by atoms with van der Waals surface area (Å²) in [7, 11) is 0. The molecule has 2 unspecified atom stereocenters. The second-order valence-corrected chi connectivity index (χ2v) is 6.23. The van der Waals surface area contributed by atoms with Gasteiger partial charge in [0.05, 0.1) is 0 Å². The molecule has 0 bridgehead atoms. The number of aromatic nitrogens is 1. The maximum atomic E-state index is 12.2. The number of hydrogen-bond acceptors (Lipinski definition) is 4. The quantitative estimate of drug-likeness (QED) is 0.879. The SMILES string of the molecule is NC1CCC(C(=O)NC2CCN(c3ccccn3)CC2)C1. The number of carbonyl (C=O) groups is 1. The molecule has 3 rings (SSSR count). The highest BCUT2D eigenvalue weighted by molar-refractivity contribution is 5.79. The molecule has 5 nitrogen and oxygen atoms in total. The van der Waals surface area contributed by atoms with Crippen LogP contribution < -0.4 is 16.0 Å². The minimum atomic E-state index is 0.133. The highest BCUT2D eigenvalue weighted by Gasteiger charge is 2.30. The van der Waals surface area contributed by atoms with E-state index in [1.807, 2.05) is 24.4 Å². The van der Waals surface area contributed by atoms with E-state index < -0.39 is 0 Å². The summed E-state index contributed by atoms with van der Waals surface area (Å²) in [4.78, 5) is 18.9. The summed E-state index contributed by atoms with van der Waals surface area (Å²) >= 11 is 0. The largest absolute Gasteiger partial charge is 0.356 e. The lowest BCUT2D eigenvalue weighted by Gasteiger charge is -2.33. The van der Waals surface area contributed by atoms with Gasteiger partial charge in [0, 0.05) is 37.3 Å². The third kappa shape index (κ3) is 3.53. The Balaban J connectivity index is 1.47. The van der Waals surface area contributed by atoms with Crippen molar-refractivity contribution in [2.45, 2.75) is 44.2 Å². The van der Waals surface area contributed by atoms with E-state index in [2.05, 4.69) is 15.2 Å². The molecule has 1 aromatic heterocycles. The van der Waals surface area contributed by atoms with Crippen LogP contribution in [-0.4, -0.2) is 36.1 Å². The zero-order valence-electron chi connectivity index (χ0n) is 12.4. The monoisotopic (exact) mass is 288 g/mol. The molecule has 5 heteroatoms. The first-order valence-electron chi connectivity index (χ1n) is 7.94. The van der Waals surface area contributed by atoms with E-state index >= 15 is 0 Å². The van der Waals surface area contributed by atoms with Gasteiger partial charge in [-0.1, -0.05) is 6.07 Å². The van der Waals surface area contributed by atoms with E-state index in [1.54, 1.807) is 0 Å². The fourth-order valence-electron chi connectivity index (χ4n) is 3.37. The Morgan fingerprint density at radius 2 is 2.05 bits per heavy atom. The van der Waals surface area contributed by atoms with Gasteiger partial charge in [0.1, 0.15) is 5.82 Å². The Kier molecular flexibility index (Phi) is 4.39. The fraction of sp³-hybridized carbons (Fsp3) is 0.625. The van der Waals surface area contributed by atoms with E-state index in [4.69, 9.17) is 5.73 Å². The Hall–Kier alpha value is -1.62. The van der Waals surface area contributed by atoms with E-state index in [-0.39, 0.29) is 17.9 Å². The van der Waals surface area contributed by atoms with E-state index in [1.165, 1.54) is 0 Å². The molecule has 1 aliphatic carbocycles. The second-order valence-electron chi connectivity index (χ2n) is 6.23. The van der Waals surface area contributed by atoms with Gasteiger partial charge in [-0.15, -0.1) is 0 Å².